The zero-order chi connectivity index (χ0) is 14.5. The normalized spacial score (nSPS) is 10.9. The van der Waals surface area contributed by atoms with E-state index in [-0.39, 0.29) is 18.3 Å². The van der Waals surface area contributed by atoms with Gasteiger partial charge in [0, 0.05) is 11.1 Å². The Balaban J connectivity index is 2.42. The van der Waals surface area contributed by atoms with Crippen LogP contribution in [0, 0.1) is 0 Å². The van der Waals surface area contributed by atoms with Crippen molar-refractivity contribution in [1.29, 1.82) is 0 Å². The number of aromatic nitrogens is 1. The third-order valence-electron chi connectivity index (χ3n) is 1.71. The van der Waals surface area contributed by atoms with Crippen molar-refractivity contribution in [2.45, 2.75) is 32.9 Å². The number of nitrogens with one attached hydrogen (secondary N) is 1. The van der Waals surface area contributed by atoms with Gasteiger partial charge >= 0.3 is 12.1 Å². The Labute approximate surface area is 115 Å². The van der Waals surface area contributed by atoms with E-state index in [1.165, 1.54) is 6.20 Å². The fourth-order valence-electron chi connectivity index (χ4n) is 1.03. The van der Waals surface area contributed by atoms with Crippen LogP contribution >= 0.6 is 11.3 Å². The van der Waals surface area contributed by atoms with Gasteiger partial charge in [0.25, 0.3) is 5.19 Å². The molecule has 0 radical (unpaired) electrons. The first kappa shape index (κ1) is 15.4. The first-order valence-electron chi connectivity index (χ1n) is 5.62. The van der Waals surface area contributed by atoms with Crippen LogP contribution in [-0.4, -0.2) is 29.2 Å². The van der Waals surface area contributed by atoms with Gasteiger partial charge in [0.2, 0.25) is 0 Å². The van der Waals surface area contributed by atoms with Gasteiger partial charge in [0.05, 0.1) is 13.1 Å². The average molecular weight is 287 g/mol. The highest BCUT2D eigenvalue weighted by Gasteiger charge is 2.16. The quantitative estimate of drug-likeness (QED) is 0.802. The molecule has 0 fully saturated rings. The Bertz CT molecular complexity index is 453. The monoisotopic (exact) mass is 287 g/mol. The molecule has 0 unspecified atom stereocenters. The number of hydrogen-bond donors (Lipinski definition) is 2. The zero-order valence-corrected chi connectivity index (χ0v) is 11.9. The van der Waals surface area contributed by atoms with Crippen molar-refractivity contribution in [2.24, 2.45) is 5.73 Å². The van der Waals surface area contributed by atoms with E-state index in [1.54, 1.807) is 20.8 Å². The molecule has 3 N–H and O–H groups in total. The summed E-state index contributed by atoms with van der Waals surface area (Å²) in [7, 11) is 0. The van der Waals surface area contributed by atoms with E-state index in [1.807, 2.05) is 0 Å². The third kappa shape index (κ3) is 6.16. The number of nitrogens with zero attached hydrogens (tertiary/aromatic N) is 1. The highest BCUT2D eigenvalue weighted by molar-refractivity contribution is 7.13. The minimum Gasteiger partial charge on any atom is -0.444 e. The SMILES string of the molecule is CC(C)(C)OC(=O)NCc1cnc(OC(=O)CN)s1. The third-order valence-corrected chi connectivity index (χ3v) is 2.58. The topological polar surface area (TPSA) is 104 Å². The summed E-state index contributed by atoms with van der Waals surface area (Å²) >= 11 is 1.16. The Morgan fingerprint density at radius 2 is 2.16 bits per heavy atom. The fourth-order valence-corrected chi connectivity index (χ4v) is 1.75. The molecule has 106 valence electrons. The van der Waals surface area contributed by atoms with Gasteiger partial charge in [-0.2, -0.15) is 0 Å². The van der Waals surface area contributed by atoms with Crippen LogP contribution in [0.1, 0.15) is 25.6 Å². The van der Waals surface area contributed by atoms with Gasteiger partial charge in [-0.3, -0.25) is 4.79 Å². The molecule has 1 amide bonds. The Morgan fingerprint density at radius 1 is 1.47 bits per heavy atom. The van der Waals surface area contributed by atoms with E-state index < -0.39 is 17.7 Å². The first-order chi connectivity index (χ1) is 8.80. The number of nitrogens with two attached hydrogens (primary N) is 1. The van der Waals surface area contributed by atoms with Crippen LogP contribution in [0.2, 0.25) is 0 Å². The second-order valence-corrected chi connectivity index (χ2v) is 5.70. The molecule has 0 saturated heterocycles. The number of esters is 1. The molecule has 0 aliphatic heterocycles. The minimum atomic E-state index is -0.555. The number of hydrogen-bond acceptors (Lipinski definition) is 7. The van der Waals surface area contributed by atoms with Crippen molar-refractivity contribution in [3.8, 4) is 5.19 Å². The standard InChI is InChI=1S/C11H17N3O4S/c1-11(2,3)18-9(16)13-5-7-6-14-10(19-7)17-8(15)4-12/h6H,4-5,12H2,1-3H3,(H,13,16). The lowest BCUT2D eigenvalue weighted by atomic mass is 10.2. The molecule has 8 heteroatoms. The van der Waals surface area contributed by atoms with E-state index in [0.29, 0.717) is 0 Å². The van der Waals surface area contributed by atoms with Gasteiger partial charge in [-0.15, -0.1) is 0 Å². The van der Waals surface area contributed by atoms with Crippen molar-refractivity contribution in [2.75, 3.05) is 6.54 Å². The van der Waals surface area contributed by atoms with E-state index >= 15 is 0 Å². The van der Waals surface area contributed by atoms with Crippen molar-refractivity contribution < 1.29 is 19.1 Å². The summed E-state index contributed by atoms with van der Waals surface area (Å²) in [6.07, 6.45) is 1.00. The number of rotatable bonds is 4. The highest BCUT2D eigenvalue weighted by atomic mass is 32.1. The van der Waals surface area contributed by atoms with Crippen LogP contribution in [0.3, 0.4) is 0 Å². The second kappa shape index (κ2) is 6.48. The number of alkyl carbamates (subject to hydrolysis) is 1. The van der Waals surface area contributed by atoms with Gasteiger partial charge in [0.15, 0.2) is 0 Å². The van der Waals surface area contributed by atoms with Crippen molar-refractivity contribution in [3.05, 3.63) is 11.1 Å². The van der Waals surface area contributed by atoms with E-state index in [2.05, 4.69) is 10.3 Å². The smallest absolute Gasteiger partial charge is 0.407 e. The van der Waals surface area contributed by atoms with E-state index in [4.69, 9.17) is 15.2 Å². The maximum absolute atomic E-state index is 11.4. The van der Waals surface area contributed by atoms with Gasteiger partial charge in [-0.05, 0) is 20.8 Å². The van der Waals surface area contributed by atoms with Gasteiger partial charge in [-0.1, -0.05) is 11.3 Å². The van der Waals surface area contributed by atoms with Crippen LogP contribution in [-0.2, 0) is 16.1 Å². The molecular weight excluding hydrogens is 270 g/mol. The molecule has 0 saturated carbocycles. The Hall–Kier alpha value is -1.67. The van der Waals surface area contributed by atoms with Crippen LogP contribution < -0.4 is 15.8 Å². The molecule has 0 atom stereocenters. The predicted octanol–water partition coefficient (Wildman–Crippen LogP) is 1.03. The fraction of sp³-hybridized carbons (Fsp3) is 0.545. The summed E-state index contributed by atoms with van der Waals surface area (Å²) in [5.41, 5.74) is 4.57. The highest BCUT2D eigenvalue weighted by Crippen LogP contribution is 2.20. The molecule has 0 aliphatic carbocycles. The minimum absolute atomic E-state index is 0.203. The molecule has 0 aliphatic rings. The largest absolute Gasteiger partial charge is 0.444 e. The molecule has 1 aromatic heterocycles. The van der Waals surface area contributed by atoms with Crippen molar-refractivity contribution in [3.63, 3.8) is 0 Å². The Morgan fingerprint density at radius 3 is 2.74 bits per heavy atom. The molecule has 7 nitrogen and oxygen atoms in total. The summed E-state index contributed by atoms with van der Waals surface area (Å²) < 4.78 is 9.91. The van der Waals surface area contributed by atoms with Gasteiger partial charge < -0.3 is 20.5 Å². The van der Waals surface area contributed by atoms with Crippen LogP contribution in [0.5, 0.6) is 5.19 Å². The number of carbonyl (C=O) groups excluding carboxylic acids is 2. The molecule has 1 rings (SSSR count). The lowest BCUT2D eigenvalue weighted by molar-refractivity contribution is -0.132. The van der Waals surface area contributed by atoms with Crippen LogP contribution in [0.15, 0.2) is 6.20 Å². The molecule has 1 heterocycles. The van der Waals surface area contributed by atoms with E-state index in [0.717, 1.165) is 16.2 Å². The van der Waals surface area contributed by atoms with Gasteiger partial charge in [-0.25, -0.2) is 9.78 Å². The average Bonchev–Trinajstić information content (AvgIpc) is 2.71. The Kier molecular flexibility index (Phi) is 5.25. The molecular formula is C11H17N3O4S. The number of ether oxygens (including phenoxy) is 2. The summed E-state index contributed by atoms with van der Waals surface area (Å²) in [4.78, 5) is 27.0. The molecule has 0 bridgehead atoms. The molecule has 0 spiro atoms. The predicted molar refractivity (Wildman–Crippen MR) is 69.9 cm³/mol. The zero-order valence-electron chi connectivity index (χ0n) is 11.1. The molecule has 19 heavy (non-hydrogen) atoms. The lowest BCUT2D eigenvalue weighted by Crippen LogP contribution is -2.31. The maximum atomic E-state index is 11.4. The summed E-state index contributed by atoms with van der Waals surface area (Å²) in [5, 5.41) is 2.79. The number of amides is 1. The van der Waals surface area contributed by atoms with Crippen molar-refractivity contribution >= 4 is 23.4 Å². The van der Waals surface area contributed by atoms with Crippen molar-refractivity contribution in [1.82, 2.24) is 10.3 Å². The number of carbonyl (C=O) groups is 2. The molecule has 0 aromatic carbocycles. The van der Waals surface area contributed by atoms with E-state index in [9.17, 15) is 9.59 Å². The molecule has 1 aromatic rings. The number of thiazole rings is 1. The van der Waals surface area contributed by atoms with Gasteiger partial charge in [0.1, 0.15) is 5.60 Å². The van der Waals surface area contributed by atoms with Crippen LogP contribution in [0.25, 0.3) is 0 Å². The first-order valence-corrected chi connectivity index (χ1v) is 6.44. The second-order valence-electron chi connectivity index (χ2n) is 4.63. The lowest BCUT2D eigenvalue weighted by Gasteiger charge is -2.19. The maximum Gasteiger partial charge on any atom is 0.407 e. The summed E-state index contributed by atoms with van der Waals surface area (Å²) in [5.74, 6) is -0.555. The summed E-state index contributed by atoms with van der Waals surface area (Å²) in [6, 6.07) is 0. The summed E-state index contributed by atoms with van der Waals surface area (Å²) in [6.45, 7) is 5.40. The van der Waals surface area contributed by atoms with Crippen LogP contribution in [0.4, 0.5) is 4.79 Å².